The molecule has 110 valence electrons. The minimum atomic E-state index is -0.508. The van der Waals surface area contributed by atoms with Crippen LogP contribution in [0.25, 0.3) is 0 Å². The summed E-state index contributed by atoms with van der Waals surface area (Å²) >= 11 is 5.88. The van der Waals surface area contributed by atoms with Gasteiger partial charge in [-0.3, -0.25) is 4.79 Å². The fourth-order valence-electron chi connectivity index (χ4n) is 2.68. The van der Waals surface area contributed by atoms with Gasteiger partial charge in [0, 0.05) is 24.2 Å². The first-order valence-electron chi connectivity index (χ1n) is 6.97. The lowest BCUT2D eigenvalue weighted by Gasteiger charge is -2.30. The zero-order valence-corrected chi connectivity index (χ0v) is 12.7. The van der Waals surface area contributed by atoms with Gasteiger partial charge in [-0.2, -0.15) is 0 Å². The van der Waals surface area contributed by atoms with E-state index >= 15 is 0 Å². The molecule has 1 atom stereocenters. The van der Waals surface area contributed by atoms with E-state index in [4.69, 9.17) is 11.6 Å². The number of nitrogens with zero attached hydrogens (tertiary/aromatic N) is 2. The Balaban J connectivity index is 2.27. The van der Waals surface area contributed by atoms with Crippen molar-refractivity contribution < 1.29 is 9.18 Å². The number of likely N-dealkylation sites (N-methyl/N-ethyl adjacent to an activating group) is 1. The molecule has 0 bridgehead atoms. The smallest absolute Gasteiger partial charge is 0.257 e. The summed E-state index contributed by atoms with van der Waals surface area (Å²) in [6.07, 6.45) is 1.76. The van der Waals surface area contributed by atoms with Crippen LogP contribution in [0, 0.1) is 5.82 Å². The van der Waals surface area contributed by atoms with Crippen molar-refractivity contribution in [3.05, 3.63) is 34.6 Å². The number of carbonyl (C=O) groups excluding carboxylic acids is 1. The third-order valence-electron chi connectivity index (χ3n) is 3.79. The number of rotatable bonds is 2. The van der Waals surface area contributed by atoms with Gasteiger partial charge in [0.25, 0.3) is 5.91 Å². The van der Waals surface area contributed by atoms with Gasteiger partial charge < -0.3 is 9.80 Å². The van der Waals surface area contributed by atoms with Crippen LogP contribution in [0.1, 0.15) is 30.1 Å². The molecule has 3 nitrogen and oxygen atoms in total. The van der Waals surface area contributed by atoms with Crippen LogP contribution in [0.5, 0.6) is 0 Å². The number of amides is 1. The molecule has 1 saturated heterocycles. The molecule has 1 aliphatic heterocycles. The molecule has 1 aliphatic rings. The van der Waals surface area contributed by atoms with Crippen molar-refractivity contribution in [2.45, 2.75) is 25.8 Å². The monoisotopic (exact) mass is 298 g/mol. The average Bonchev–Trinajstić information content (AvgIpc) is 2.62. The van der Waals surface area contributed by atoms with Crippen LogP contribution < -0.4 is 0 Å². The summed E-state index contributed by atoms with van der Waals surface area (Å²) in [4.78, 5) is 16.6. The molecule has 0 spiro atoms. The fraction of sp³-hybridized carbons (Fsp3) is 0.533. The Morgan fingerprint density at radius 1 is 1.45 bits per heavy atom. The number of halogens is 2. The summed E-state index contributed by atoms with van der Waals surface area (Å²) in [5, 5.41) is 0.384. The highest BCUT2D eigenvalue weighted by molar-refractivity contribution is 6.31. The molecule has 2 rings (SSSR count). The number of carbonyl (C=O) groups is 1. The Bertz CT molecular complexity index is 495. The second-order valence-corrected chi connectivity index (χ2v) is 5.74. The minimum absolute atomic E-state index is 0.0699. The first-order chi connectivity index (χ1) is 9.52. The van der Waals surface area contributed by atoms with Gasteiger partial charge in [-0.05, 0) is 44.6 Å². The van der Waals surface area contributed by atoms with Crippen LogP contribution >= 0.6 is 11.6 Å². The van der Waals surface area contributed by atoms with E-state index < -0.39 is 5.82 Å². The summed E-state index contributed by atoms with van der Waals surface area (Å²) in [5.41, 5.74) is 0.0699. The normalized spacial score (nSPS) is 20.8. The maximum absolute atomic E-state index is 13.9. The molecule has 0 aromatic heterocycles. The van der Waals surface area contributed by atoms with Crippen molar-refractivity contribution in [3.8, 4) is 0 Å². The largest absolute Gasteiger partial charge is 0.334 e. The number of hydrogen-bond donors (Lipinski definition) is 0. The lowest BCUT2D eigenvalue weighted by molar-refractivity contribution is 0.0671. The van der Waals surface area contributed by atoms with E-state index in [0.29, 0.717) is 11.6 Å². The second kappa shape index (κ2) is 6.55. The molecule has 0 N–H and O–H groups in total. The van der Waals surface area contributed by atoms with Gasteiger partial charge in [0.15, 0.2) is 0 Å². The van der Waals surface area contributed by atoms with E-state index in [1.807, 2.05) is 0 Å². The topological polar surface area (TPSA) is 23.6 Å². The number of hydrogen-bond acceptors (Lipinski definition) is 2. The molecular formula is C15H20ClFN2O. The van der Waals surface area contributed by atoms with Gasteiger partial charge >= 0.3 is 0 Å². The van der Waals surface area contributed by atoms with Crippen molar-refractivity contribution in [3.63, 3.8) is 0 Å². The van der Waals surface area contributed by atoms with E-state index in [9.17, 15) is 9.18 Å². The van der Waals surface area contributed by atoms with Crippen molar-refractivity contribution in [1.82, 2.24) is 9.80 Å². The first kappa shape index (κ1) is 15.3. The number of benzene rings is 1. The van der Waals surface area contributed by atoms with Gasteiger partial charge in [-0.25, -0.2) is 4.39 Å². The molecule has 1 fully saturated rings. The summed E-state index contributed by atoms with van der Waals surface area (Å²) < 4.78 is 13.9. The van der Waals surface area contributed by atoms with E-state index in [1.54, 1.807) is 4.90 Å². The zero-order valence-electron chi connectivity index (χ0n) is 11.9. The van der Waals surface area contributed by atoms with E-state index in [1.165, 1.54) is 18.2 Å². The van der Waals surface area contributed by atoms with Crippen molar-refractivity contribution in [2.24, 2.45) is 0 Å². The van der Waals surface area contributed by atoms with Crippen molar-refractivity contribution in [1.29, 1.82) is 0 Å². The lowest BCUT2D eigenvalue weighted by atomic mass is 10.1. The van der Waals surface area contributed by atoms with E-state index in [0.717, 1.165) is 25.9 Å². The average molecular weight is 299 g/mol. The maximum Gasteiger partial charge on any atom is 0.257 e. The van der Waals surface area contributed by atoms with Gasteiger partial charge in [0.05, 0.1) is 5.56 Å². The summed E-state index contributed by atoms with van der Waals surface area (Å²) in [5.74, 6) is -0.765. The summed E-state index contributed by atoms with van der Waals surface area (Å²) in [7, 11) is 2.05. The molecular weight excluding hydrogens is 279 g/mol. The molecule has 1 amide bonds. The van der Waals surface area contributed by atoms with Gasteiger partial charge in [-0.15, -0.1) is 0 Å². The highest BCUT2D eigenvalue weighted by Gasteiger charge is 2.28. The SMILES string of the molecule is CCC1CN(C)CCCN1C(=O)c1cc(Cl)ccc1F. The third kappa shape index (κ3) is 3.30. The molecule has 0 aliphatic carbocycles. The maximum atomic E-state index is 13.9. The Kier molecular flexibility index (Phi) is 5.00. The molecule has 1 aromatic carbocycles. The standard InChI is InChI=1S/C15H20ClFN2O/c1-3-12-10-18(2)7-4-8-19(12)15(20)13-9-11(16)5-6-14(13)17/h5-6,9,12H,3-4,7-8,10H2,1-2H3. The van der Waals surface area contributed by atoms with Crippen LogP contribution in [-0.2, 0) is 0 Å². The Hall–Kier alpha value is -1.13. The Labute approximate surface area is 124 Å². The third-order valence-corrected chi connectivity index (χ3v) is 4.03. The summed E-state index contributed by atoms with van der Waals surface area (Å²) in [6.45, 7) is 4.49. The molecule has 0 saturated carbocycles. The van der Waals surface area contributed by atoms with E-state index in [2.05, 4.69) is 18.9 Å². The fourth-order valence-corrected chi connectivity index (χ4v) is 2.85. The van der Waals surface area contributed by atoms with Crippen LogP contribution in [0.2, 0.25) is 5.02 Å². The lowest BCUT2D eigenvalue weighted by Crippen LogP contribution is -2.43. The second-order valence-electron chi connectivity index (χ2n) is 5.30. The molecule has 20 heavy (non-hydrogen) atoms. The molecule has 0 radical (unpaired) electrons. The van der Waals surface area contributed by atoms with Crippen LogP contribution in [0.4, 0.5) is 4.39 Å². The molecule has 1 heterocycles. The van der Waals surface area contributed by atoms with Crippen LogP contribution in [0.15, 0.2) is 18.2 Å². The summed E-state index contributed by atoms with van der Waals surface area (Å²) in [6, 6.07) is 4.25. The Morgan fingerprint density at radius 3 is 2.90 bits per heavy atom. The van der Waals surface area contributed by atoms with Gasteiger partial charge in [0.2, 0.25) is 0 Å². The highest BCUT2D eigenvalue weighted by atomic mass is 35.5. The van der Waals surface area contributed by atoms with Gasteiger partial charge in [0.1, 0.15) is 5.82 Å². The quantitative estimate of drug-likeness (QED) is 0.838. The first-order valence-corrected chi connectivity index (χ1v) is 7.35. The van der Waals surface area contributed by atoms with Crippen molar-refractivity contribution in [2.75, 3.05) is 26.7 Å². The Morgan fingerprint density at radius 2 is 2.20 bits per heavy atom. The minimum Gasteiger partial charge on any atom is -0.334 e. The molecule has 1 unspecified atom stereocenters. The van der Waals surface area contributed by atoms with Crippen molar-refractivity contribution >= 4 is 17.5 Å². The van der Waals surface area contributed by atoms with Gasteiger partial charge in [-0.1, -0.05) is 18.5 Å². The predicted octanol–water partition coefficient (Wildman–Crippen LogP) is 3.04. The predicted molar refractivity (Wildman–Crippen MR) is 78.6 cm³/mol. The zero-order chi connectivity index (χ0) is 14.7. The van der Waals surface area contributed by atoms with Crippen LogP contribution in [-0.4, -0.2) is 48.4 Å². The van der Waals surface area contributed by atoms with E-state index in [-0.39, 0.29) is 17.5 Å². The molecule has 5 heteroatoms. The van der Waals surface area contributed by atoms with Crippen LogP contribution in [0.3, 0.4) is 0 Å². The molecule has 1 aromatic rings. The highest BCUT2D eigenvalue weighted by Crippen LogP contribution is 2.20.